The summed E-state index contributed by atoms with van der Waals surface area (Å²) in [4.78, 5) is 0. The minimum absolute atomic E-state index is 0.283. The number of hydrogen-bond acceptors (Lipinski definition) is 2. The number of hydrogen-bond donors (Lipinski definition) is 1. The molecule has 2 N–H and O–H groups in total. The summed E-state index contributed by atoms with van der Waals surface area (Å²) in [5.74, 6) is 0. The molecule has 0 aliphatic rings. The van der Waals surface area contributed by atoms with Crippen molar-refractivity contribution in [1.29, 1.82) is 0 Å². The van der Waals surface area contributed by atoms with E-state index in [9.17, 15) is 0 Å². The van der Waals surface area contributed by atoms with E-state index in [1.807, 2.05) is 18.7 Å². The topological polar surface area (TPSA) is 43.8 Å². The van der Waals surface area contributed by atoms with Crippen molar-refractivity contribution in [2.45, 2.75) is 71.3 Å². The molecule has 1 unspecified atom stereocenters. The maximum Gasteiger partial charge on any atom is 0.0596 e. The first-order valence-corrected chi connectivity index (χ1v) is 7.38. The van der Waals surface area contributed by atoms with Gasteiger partial charge in [-0.15, -0.1) is 0 Å². The highest BCUT2D eigenvalue weighted by atomic mass is 15.3. The van der Waals surface area contributed by atoms with E-state index in [1.165, 1.54) is 44.2 Å². The van der Waals surface area contributed by atoms with E-state index in [0.29, 0.717) is 0 Å². The fraction of sp³-hybridized carbons (Fsp3) is 0.800. The molecule has 0 aliphatic heterocycles. The van der Waals surface area contributed by atoms with E-state index >= 15 is 0 Å². The van der Waals surface area contributed by atoms with Gasteiger partial charge in [-0.2, -0.15) is 5.10 Å². The van der Waals surface area contributed by atoms with Crippen molar-refractivity contribution in [3.8, 4) is 0 Å². The molecular formula is C15H29N3. The second kappa shape index (κ2) is 8.30. The summed E-state index contributed by atoms with van der Waals surface area (Å²) in [6.07, 6.45) is 10.1. The summed E-state index contributed by atoms with van der Waals surface area (Å²) < 4.78 is 1.95. The highest BCUT2D eigenvalue weighted by Crippen LogP contribution is 2.11. The molecule has 3 heteroatoms. The number of nitrogens with two attached hydrogens (primary N) is 1. The molecule has 0 radical (unpaired) electrons. The second-order valence-electron chi connectivity index (χ2n) is 5.42. The van der Waals surface area contributed by atoms with Crippen LogP contribution in [0.2, 0.25) is 0 Å². The summed E-state index contributed by atoms with van der Waals surface area (Å²) in [6, 6.07) is 2.42. The number of aryl methyl sites for hydroxylation is 2. The molecule has 3 nitrogen and oxygen atoms in total. The first-order valence-electron chi connectivity index (χ1n) is 7.38. The van der Waals surface area contributed by atoms with Crippen LogP contribution < -0.4 is 5.73 Å². The van der Waals surface area contributed by atoms with Gasteiger partial charge in [0.2, 0.25) is 0 Å². The Labute approximate surface area is 112 Å². The Morgan fingerprint density at radius 2 is 1.89 bits per heavy atom. The Morgan fingerprint density at radius 3 is 2.50 bits per heavy atom. The highest BCUT2D eigenvalue weighted by molar-refractivity contribution is 5.09. The predicted molar refractivity (Wildman–Crippen MR) is 77.6 cm³/mol. The molecule has 1 atom stereocenters. The zero-order valence-electron chi connectivity index (χ0n) is 12.3. The molecule has 0 spiro atoms. The third-order valence-electron chi connectivity index (χ3n) is 3.50. The molecule has 0 saturated carbocycles. The van der Waals surface area contributed by atoms with Crippen LogP contribution >= 0.6 is 0 Å². The zero-order valence-corrected chi connectivity index (χ0v) is 12.3. The SMILES string of the molecule is CCCCCCCCC(N)Cc1cc(C)nn1C. The molecule has 18 heavy (non-hydrogen) atoms. The Kier molecular flexibility index (Phi) is 7.02. The first-order chi connectivity index (χ1) is 8.63. The lowest BCUT2D eigenvalue weighted by Crippen LogP contribution is -2.23. The molecule has 104 valence electrons. The number of aromatic nitrogens is 2. The Hall–Kier alpha value is -0.830. The van der Waals surface area contributed by atoms with Crippen LogP contribution in [0.4, 0.5) is 0 Å². The number of rotatable bonds is 9. The number of nitrogens with zero attached hydrogens (tertiary/aromatic N) is 2. The van der Waals surface area contributed by atoms with Crippen molar-refractivity contribution in [3.63, 3.8) is 0 Å². The van der Waals surface area contributed by atoms with Crippen LogP contribution in [-0.4, -0.2) is 15.8 Å². The minimum atomic E-state index is 0.283. The van der Waals surface area contributed by atoms with E-state index in [0.717, 1.165) is 18.5 Å². The van der Waals surface area contributed by atoms with Crippen LogP contribution in [0.15, 0.2) is 6.07 Å². The molecule has 0 fully saturated rings. The van der Waals surface area contributed by atoms with Crippen molar-refractivity contribution in [3.05, 3.63) is 17.5 Å². The van der Waals surface area contributed by atoms with Crippen LogP contribution in [0.3, 0.4) is 0 Å². The lowest BCUT2D eigenvalue weighted by molar-refractivity contribution is 0.521. The van der Waals surface area contributed by atoms with Crippen LogP contribution in [0.5, 0.6) is 0 Å². The molecule has 0 amide bonds. The first kappa shape index (κ1) is 15.2. The maximum atomic E-state index is 6.18. The van der Waals surface area contributed by atoms with Gasteiger partial charge >= 0.3 is 0 Å². The van der Waals surface area contributed by atoms with Crippen molar-refractivity contribution in [2.75, 3.05) is 0 Å². The smallest absolute Gasteiger partial charge is 0.0596 e. The van der Waals surface area contributed by atoms with E-state index < -0.39 is 0 Å². The van der Waals surface area contributed by atoms with Crippen molar-refractivity contribution in [1.82, 2.24) is 9.78 Å². The van der Waals surface area contributed by atoms with E-state index in [2.05, 4.69) is 18.1 Å². The van der Waals surface area contributed by atoms with Crippen LogP contribution in [0, 0.1) is 6.92 Å². The molecule has 1 rings (SSSR count). The van der Waals surface area contributed by atoms with Crippen LogP contribution in [-0.2, 0) is 13.5 Å². The van der Waals surface area contributed by atoms with Gasteiger partial charge in [0, 0.05) is 25.2 Å². The van der Waals surface area contributed by atoms with Gasteiger partial charge in [-0.05, 0) is 19.4 Å². The van der Waals surface area contributed by atoms with Gasteiger partial charge in [0.15, 0.2) is 0 Å². The van der Waals surface area contributed by atoms with Gasteiger partial charge in [-0.3, -0.25) is 4.68 Å². The largest absolute Gasteiger partial charge is 0.327 e. The molecule has 1 heterocycles. The maximum absolute atomic E-state index is 6.18. The summed E-state index contributed by atoms with van der Waals surface area (Å²) in [5.41, 5.74) is 8.52. The summed E-state index contributed by atoms with van der Waals surface area (Å²) in [7, 11) is 2.00. The summed E-state index contributed by atoms with van der Waals surface area (Å²) >= 11 is 0. The van der Waals surface area contributed by atoms with Crippen LogP contribution in [0.25, 0.3) is 0 Å². The fourth-order valence-corrected chi connectivity index (χ4v) is 2.41. The van der Waals surface area contributed by atoms with Crippen molar-refractivity contribution >= 4 is 0 Å². The van der Waals surface area contributed by atoms with E-state index in [1.54, 1.807) is 0 Å². The Balaban J connectivity index is 2.14. The van der Waals surface area contributed by atoms with Gasteiger partial charge in [-0.1, -0.05) is 45.4 Å². The average molecular weight is 251 g/mol. The molecule has 0 aromatic carbocycles. The highest BCUT2D eigenvalue weighted by Gasteiger charge is 2.08. The van der Waals surface area contributed by atoms with Gasteiger partial charge in [0.05, 0.1) is 5.69 Å². The standard InChI is InChI=1S/C15H29N3/c1-4-5-6-7-8-9-10-14(16)12-15-11-13(2)17-18(15)3/h11,14H,4-10,12,16H2,1-3H3. The molecule has 0 bridgehead atoms. The van der Waals surface area contributed by atoms with Crippen molar-refractivity contribution < 1.29 is 0 Å². The second-order valence-corrected chi connectivity index (χ2v) is 5.42. The van der Waals surface area contributed by atoms with E-state index in [4.69, 9.17) is 5.73 Å². The van der Waals surface area contributed by atoms with Gasteiger partial charge in [0.25, 0.3) is 0 Å². The Bertz CT molecular complexity index is 330. The van der Waals surface area contributed by atoms with Gasteiger partial charge < -0.3 is 5.73 Å². The molecule has 0 saturated heterocycles. The van der Waals surface area contributed by atoms with Gasteiger partial charge in [-0.25, -0.2) is 0 Å². The predicted octanol–water partition coefficient (Wildman–Crippen LogP) is 3.35. The normalized spacial score (nSPS) is 12.9. The minimum Gasteiger partial charge on any atom is -0.327 e. The van der Waals surface area contributed by atoms with E-state index in [-0.39, 0.29) is 6.04 Å². The molecule has 0 aliphatic carbocycles. The van der Waals surface area contributed by atoms with Gasteiger partial charge in [0.1, 0.15) is 0 Å². The number of unbranched alkanes of at least 4 members (excludes halogenated alkanes) is 5. The third kappa shape index (κ3) is 5.67. The zero-order chi connectivity index (χ0) is 13.4. The summed E-state index contributed by atoms with van der Waals surface area (Å²) in [6.45, 7) is 4.29. The lowest BCUT2D eigenvalue weighted by Gasteiger charge is -2.11. The molecule has 1 aromatic heterocycles. The molecular weight excluding hydrogens is 222 g/mol. The average Bonchev–Trinajstić information content (AvgIpc) is 2.62. The third-order valence-corrected chi connectivity index (χ3v) is 3.50. The summed E-state index contributed by atoms with van der Waals surface area (Å²) in [5, 5.41) is 4.36. The lowest BCUT2D eigenvalue weighted by atomic mass is 10.0. The monoisotopic (exact) mass is 251 g/mol. The molecule has 1 aromatic rings. The van der Waals surface area contributed by atoms with Crippen LogP contribution in [0.1, 0.15) is 63.3 Å². The Morgan fingerprint density at radius 1 is 1.22 bits per heavy atom. The van der Waals surface area contributed by atoms with Crippen molar-refractivity contribution in [2.24, 2.45) is 12.8 Å². The quantitative estimate of drug-likeness (QED) is 0.684. The fourth-order valence-electron chi connectivity index (χ4n) is 2.41.